The molecule has 2 rings (SSSR count). The summed E-state index contributed by atoms with van der Waals surface area (Å²) >= 11 is 0. The molecule has 21 heavy (non-hydrogen) atoms. The van der Waals surface area contributed by atoms with Crippen molar-refractivity contribution in [3.63, 3.8) is 0 Å². The smallest absolute Gasteiger partial charge is 0.241 e. The summed E-state index contributed by atoms with van der Waals surface area (Å²) in [7, 11) is 1.55. The summed E-state index contributed by atoms with van der Waals surface area (Å²) in [6.45, 7) is 3.69. The standard InChI is InChI=1S/C16H24N2O3/c1-12-3-5-13(6-4-12)21-14-7-9-18(10-8-14)16(19)15(17)11-20-2/h3-6,14-15H,7-11,17H2,1-2H3. The van der Waals surface area contributed by atoms with Gasteiger partial charge >= 0.3 is 0 Å². The number of nitrogens with zero attached hydrogens (tertiary/aromatic N) is 1. The third kappa shape index (κ3) is 4.44. The topological polar surface area (TPSA) is 64.8 Å². The molecule has 1 aliphatic rings. The average Bonchev–Trinajstić information content (AvgIpc) is 2.50. The molecule has 5 heteroatoms. The Balaban J connectivity index is 1.80. The van der Waals surface area contributed by atoms with E-state index in [-0.39, 0.29) is 18.6 Å². The second kappa shape index (κ2) is 7.43. The van der Waals surface area contributed by atoms with Gasteiger partial charge in [-0.05, 0) is 19.1 Å². The maximum Gasteiger partial charge on any atom is 0.241 e. The van der Waals surface area contributed by atoms with Crippen molar-refractivity contribution < 1.29 is 14.3 Å². The number of rotatable bonds is 5. The predicted octanol–water partition coefficient (Wildman–Crippen LogP) is 1.34. The molecule has 1 aliphatic heterocycles. The number of nitrogens with two attached hydrogens (primary N) is 1. The highest BCUT2D eigenvalue weighted by molar-refractivity contribution is 5.81. The molecule has 1 saturated heterocycles. The minimum absolute atomic E-state index is 0.0364. The fourth-order valence-electron chi connectivity index (χ4n) is 2.49. The van der Waals surface area contributed by atoms with Crippen molar-refractivity contribution >= 4 is 5.91 Å². The molecule has 1 atom stereocenters. The molecule has 1 amide bonds. The van der Waals surface area contributed by atoms with E-state index in [0.29, 0.717) is 13.1 Å². The number of hydrogen-bond donors (Lipinski definition) is 1. The summed E-state index contributed by atoms with van der Waals surface area (Å²) in [5.74, 6) is 0.854. The zero-order valence-corrected chi connectivity index (χ0v) is 12.7. The van der Waals surface area contributed by atoms with Crippen LogP contribution in [0.2, 0.25) is 0 Å². The molecule has 0 aromatic heterocycles. The van der Waals surface area contributed by atoms with Gasteiger partial charge in [-0.15, -0.1) is 0 Å². The number of ether oxygens (including phenoxy) is 2. The lowest BCUT2D eigenvalue weighted by molar-refractivity contribution is -0.135. The number of piperidine rings is 1. The first-order chi connectivity index (χ1) is 10.1. The molecule has 1 fully saturated rings. The van der Waals surface area contributed by atoms with E-state index in [4.69, 9.17) is 15.2 Å². The summed E-state index contributed by atoms with van der Waals surface area (Å²) in [4.78, 5) is 13.9. The van der Waals surface area contributed by atoms with Crippen LogP contribution in [-0.4, -0.2) is 49.8 Å². The van der Waals surface area contributed by atoms with Gasteiger partial charge in [0.05, 0.1) is 6.61 Å². The monoisotopic (exact) mass is 292 g/mol. The van der Waals surface area contributed by atoms with Gasteiger partial charge < -0.3 is 20.1 Å². The summed E-state index contributed by atoms with van der Waals surface area (Å²) in [6, 6.07) is 7.49. The van der Waals surface area contributed by atoms with E-state index < -0.39 is 6.04 Å². The fourth-order valence-corrected chi connectivity index (χ4v) is 2.49. The summed E-state index contributed by atoms with van der Waals surface area (Å²) in [5.41, 5.74) is 7.00. The van der Waals surface area contributed by atoms with E-state index in [9.17, 15) is 4.79 Å². The Bertz CT molecular complexity index is 453. The highest BCUT2D eigenvalue weighted by Gasteiger charge is 2.27. The zero-order chi connectivity index (χ0) is 15.2. The third-order valence-corrected chi connectivity index (χ3v) is 3.74. The number of aryl methyl sites for hydroxylation is 1. The largest absolute Gasteiger partial charge is 0.490 e. The van der Waals surface area contributed by atoms with E-state index >= 15 is 0 Å². The summed E-state index contributed by atoms with van der Waals surface area (Å²) in [6.07, 6.45) is 1.83. The van der Waals surface area contributed by atoms with Gasteiger partial charge in [-0.3, -0.25) is 4.79 Å². The van der Waals surface area contributed by atoms with Crippen LogP contribution < -0.4 is 10.5 Å². The summed E-state index contributed by atoms with van der Waals surface area (Å²) < 4.78 is 10.9. The molecule has 0 aliphatic carbocycles. The Morgan fingerprint density at radius 1 is 1.33 bits per heavy atom. The first-order valence-electron chi connectivity index (χ1n) is 7.37. The molecule has 1 aromatic carbocycles. The molecule has 5 nitrogen and oxygen atoms in total. The number of carbonyl (C=O) groups excluding carboxylic acids is 1. The Labute approximate surface area is 126 Å². The second-order valence-corrected chi connectivity index (χ2v) is 5.52. The number of carbonyl (C=O) groups is 1. The van der Waals surface area contributed by atoms with Crippen LogP contribution in [0.1, 0.15) is 18.4 Å². The van der Waals surface area contributed by atoms with E-state index in [0.717, 1.165) is 18.6 Å². The van der Waals surface area contributed by atoms with Gasteiger partial charge in [-0.1, -0.05) is 17.7 Å². The van der Waals surface area contributed by atoms with Gasteiger partial charge in [0.1, 0.15) is 17.9 Å². The minimum Gasteiger partial charge on any atom is -0.490 e. The molecule has 0 spiro atoms. The number of hydrogen-bond acceptors (Lipinski definition) is 4. The van der Waals surface area contributed by atoms with Crippen molar-refractivity contribution in [1.29, 1.82) is 0 Å². The molecule has 0 radical (unpaired) electrons. The lowest BCUT2D eigenvalue weighted by Gasteiger charge is -2.33. The summed E-state index contributed by atoms with van der Waals surface area (Å²) in [5, 5.41) is 0. The van der Waals surface area contributed by atoms with Crippen LogP contribution in [0.4, 0.5) is 0 Å². The molecular formula is C16H24N2O3. The quantitative estimate of drug-likeness (QED) is 0.889. The number of amides is 1. The highest BCUT2D eigenvalue weighted by atomic mass is 16.5. The normalized spacial score (nSPS) is 17.6. The second-order valence-electron chi connectivity index (χ2n) is 5.52. The van der Waals surface area contributed by atoms with Crippen LogP contribution in [0.5, 0.6) is 5.75 Å². The van der Waals surface area contributed by atoms with E-state index in [1.807, 2.05) is 24.3 Å². The number of likely N-dealkylation sites (tertiary alicyclic amines) is 1. The van der Waals surface area contributed by atoms with Crippen molar-refractivity contribution in [1.82, 2.24) is 4.90 Å². The van der Waals surface area contributed by atoms with Gasteiger partial charge in [0, 0.05) is 33.0 Å². The third-order valence-electron chi connectivity index (χ3n) is 3.74. The molecule has 1 unspecified atom stereocenters. The molecule has 2 N–H and O–H groups in total. The lowest BCUT2D eigenvalue weighted by atomic mass is 10.1. The van der Waals surface area contributed by atoms with Crippen molar-refractivity contribution in [2.24, 2.45) is 5.73 Å². The Morgan fingerprint density at radius 2 is 1.95 bits per heavy atom. The van der Waals surface area contributed by atoms with Gasteiger partial charge in [0.25, 0.3) is 0 Å². The van der Waals surface area contributed by atoms with Crippen LogP contribution in [0, 0.1) is 6.92 Å². The van der Waals surface area contributed by atoms with E-state index in [1.165, 1.54) is 5.56 Å². The van der Waals surface area contributed by atoms with Crippen molar-refractivity contribution in [3.8, 4) is 5.75 Å². The highest BCUT2D eigenvalue weighted by Crippen LogP contribution is 2.19. The van der Waals surface area contributed by atoms with Crippen LogP contribution in [0.15, 0.2) is 24.3 Å². The molecule has 0 saturated carbocycles. The molecular weight excluding hydrogens is 268 g/mol. The van der Waals surface area contributed by atoms with Crippen molar-refractivity contribution in [3.05, 3.63) is 29.8 Å². The molecule has 0 bridgehead atoms. The maximum atomic E-state index is 12.1. The number of benzene rings is 1. The van der Waals surface area contributed by atoms with Crippen LogP contribution in [0.3, 0.4) is 0 Å². The van der Waals surface area contributed by atoms with Crippen LogP contribution >= 0.6 is 0 Å². The van der Waals surface area contributed by atoms with E-state index in [2.05, 4.69) is 6.92 Å². The Morgan fingerprint density at radius 3 is 2.52 bits per heavy atom. The lowest BCUT2D eigenvalue weighted by Crippen LogP contribution is -2.50. The predicted molar refractivity (Wildman–Crippen MR) is 81.3 cm³/mol. The SMILES string of the molecule is COCC(N)C(=O)N1CCC(Oc2ccc(C)cc2)CC1. The van der Waals surface area contributed by atoms with E-state index in [1.54, 1.807) is 12.0 Å². The van der Waals surface area contributed by atoms with Crippen LogP contribution in [0.25, 0.3) is 0 Å². The average molecular weight is 292 g/mol. The van der Waals surface area contributed by atoms with Gasteiger partial charge in [-0.2, -0.15) is 0 Å². The van der Waals surface area contributed by atoms with Crippen LogP contribution in [-0.2, 0) is 9.53 Å². The van der Waals surface area contributed by atoms with Gasteiger partial charge in [0.15, 0.2) is 0 Å². The Hall–Kier alpha value is -1.59. The first kappa shape index (κ1) is 15.8. The minimum atomic E-state index is -0.565. The zero-order valence-electron chi connectivity index (χ0n) is 12.7. The fraction of sp³-hybridized carbons (Fsp3) is 0.562. The Kier molecular flexibility index (Phi) is 5.59. The number of methoxy groups -OCH3 is 1. The maximum absolute atomic E-state index is 12.1. The van der Waals surface area contributed by atoms with Crippen molar-refractivity contribution in [2.45, 2.75) is 31.9 Å². The van der Waals surface area contributed by atoms with Gasteiger partial charge in [0.2, 0.25) is 5.91 Å². The molecule has 116 valence electrons. The van der Waals surface area contributed by atoms with Gasteiger partial charge in [-0.25, -0.2) is 0 Å². The molecule has 1 heterocycles. The van der Waals surface area contributed by atoms with Crippen molar-refractivity contribution in [2.75, 3.05) is 26.8 Å². The first-order valence-corrected chi connectivity index (χ1v) is 7.37. The molecule has 1 aromatic rings.